The van der Waals surface area contributed by atoms with Gasteiger partial charge in [0.2, 0.25) is 5.91 Å². The van der Waals surface area contributed by atoms with Crippen LogP contribution in [0.5, 0.6) is 0 Å². The third-order valence-corrected chi connectivity index (χ3v) is 3.43. The number of hydrogen-bond donors (Lipinski definition) is 2. The fraction of sp³-hybridized carbons (Fsp3) is 0.167. The quantitative estimate of drug-likeness (QED) is 0.796. The second-order valence-corrected chi connectivity index (χ2v) is 5.12. The predicted octanol–water partition coefficient (Wildman–Crippen LogP) is 2.74. The van der Waals surface area contributed by atoms with Crippen molar-refractivity contribution in [2.75, 3.05) is 12.4 Å². The number of amides is 1. The van der Waals surface area contributed by atoms with Crippen LogP contribution in [0.1, 0.15) is 32.7 Å². The van der Waals surface area contributed by atoms with Gasteiger partial charge in [-0.05, 0) is 48.4 Å². The number of rotatable bonds is 6. The molecule has 0 bridgehead atoms. The number of carbonyl (C=O) groups excluding carboxylic acids is 2. The van der Waals surface area contributed by atoms with E-state index in [2.05, 4.69) is 10.1 Å². The Hall–Kier alpha value is -3.15. The lowest BCUT2D eigenvalue weighted by molar-refractivity contribution is -0.116. The first-order valence-corrected chi connectivity index (χ1v) is 7.30. The van der Waals surface area contributed by atoms with Crippen LogP contribution < -0.4 is 5.32 Å². The number of hydrogen-bond acceptors (Lipinski definition) is 4. The Kier molecular flexibility index (Phi) is 5.68. The average Bonchev–Trinajstić information content (AvgIpc) is 2.60. The summed E-state index contributed by atoms with van der Waals surface area (Å²) in [7, 11) is 1.31. The van der Waals surface area contributed by atoms with E-state index in [1.54, 1.807) is 36.4 Å². The second-order valence-electron chi connectivity index (χ2n) is 5.12. The zero-order valence-electron chi connectivity index (χ0n) is 13.1. The molecule has 24 heavy (non-hydrogen) atoms. The Morgan fingerprint density at radius 1 is 0.958 bits per heavy atom. The number of nitrogens with one attached hydrogen (secondary N) is 1. The van der Waals surface area contributed by atoms with Gasteiger partial charge in [0.25, 0.3) is 0 Å². The minimum absolute atomic E-state index is 0.164. The van der Waals surface area contributed by atoms with Crippen molar-refractivity contribution in [3.05, 3.63) is 65.2 Å². The number of anilines is 1. The molecule has 0 aromatic heterocycles. The molecule has 0 atom stereocenters. The van der Waals surface area contributed by atoms with E-state index < -0.39 is 11.9 Å². The molecular formula is C18H17NO5. The maximum atomic E-state index is 11.9. The van der Waals surface area contributed by atoms with Crippen LogP contribution in [-0.4, -0.2) is 30.1 Å². The summed E-state index contributed by atoms with van der Waals surface area (Å²) in [6.45, 7) is 0. The number of aromatic carboxylic acids is 1. The summed E-state index contributed by atoms with van der Waals surface area (Å²) in [5, 5.41) is 11.6. The highest BCUT2D eigenvalue weighted by atomic mass is 16.5. The van der Waals surface area contributed by atoms with Crippen LogP contribution in [0, 0.1) is 0 Å². The van der Waals surface area contributed by atoms with Crippen molar-refractivity contribution >= 4 is 23.5 Å². The molecule has 6 nitrogen and oxygen atoms in total. The topological polar surface area (TPSA) is 92.7 Å². The fourth-order valence-electron chi connectivity index (χ4n) is 2.10. The van der Waals surface area contributed by atoms with Crippen molar-refractivity contribution < 1.29 is 24.2 Å². The molecule has 2 rings (SSSR count). The van der Waals surface area contributed by atoms with Gasteiger partial charge in [0.05, 0.1) is 18.2 Å². The number of methoxy groups -OCH3 is 1. The Morgan fingerprint density at radius 2 is 1.54 bits per heavy atom. The van der Waals surface area contributed by atoms with Crippen molar-refractivity contribution in [1.29, 1.82) is 0 Å². The molecule has 0 aliphatic rings. The Labute approximate surface area is 139 Å². The van der Waals surface area contributed by atoms with E-state index in [4.69, 9.17) is 5.11 Å². The maximum Gasteiger partial charge on any atom is 0.337 e. The van der Waals surface area contributed by atoms with Gasteiger partial charge in [-0.3, -0.25) is 4.79 Å². The predicted molar refractivity (Wildman–Crippen MR) is 88.1 cm³/mol. The van der Waals surface area contributed by atoms with Crippen LogP contribution in [0.4, 0.5) is 5.69 Å². The van der Waals surface area contributed by atoms with Crippen molar-refractivity contribution in [3.63, 3.8) is 0 Å². The van der Waals surface area contributed by atoms with Crippen molar-refractivity contribution in [1.82, 2.24) is 0 Å². The third kappa shape index (κ3) is 4.67. The van der Waals surface area contributed by atoms with Crippen LogP contribution in [0.15, 0.2) is 48.5 Å². The molecule has 2 N–H and O–H groups in total. The number of carbonyl (C=O) groups is 3. The van der Waals surface area contributed by atoms with Crippen LogP contribution >= 0.6 is 0 Å². The van der Waals surface area contributed by atoms with E-state index in [9.17, 15) is 14.4 Å². The number of benzene rings is 2. The molecule has 0 saturated heterocycles. The van der Waals surface area contributed by atoms with Gasteiger partial charge in [-0.1, -0.05) is 12.1 Å². The first-order valence-electron chi connectivity index (χ1n) is 7.30. The van der Waals surface area contributed by atoms with Crippen LogP contribution in [0.25, 0.3) is 0 Å². The van der Waals surface area contributed by atoms with E-state index >= 15 is 0 Å². The molecule has 2 aromatic carbocycles. The molecule has 0 spiro atoms. The van der Waals surface area contributed by atoms with E-state index in [1.165, 1.54) is 19.2 Å². The molecule has 0 radical (unpaired) electrons. The maximum absolute atomic E-state index is 11.9. The lowest BCUT2D eigenvalue weighted by Crippen LogP contribution is -2.12. The summed E-state index contributed by atoms with van der Waals surface area (Å²) in [5.74, 6) is -1.57. The molecular weight excluding hydrogens is 310 g/mol. The first kappa shape index (κ1) is 17.2. The van der Waals surface area contributed by atoms with Gasteiger partial charge >= 0.3 is 11.9 Å². The van der Waals surface area contributed by atoms with E-state index in [0.29, 0.717) is 17.7 Å². The average molecular weight is 327 g/mol. The van der Waals surface area contributed by atoms with Gasteiger partial charge in [0, 0.05) is 12.1 Å². The molecule has 2 aromatic rings. The molecule has 0 unspecified atom stereocenters. The molecule has 0 heterocycles. The lowest BCUT2D eigenvalue weighted by atomic mass is 10.1. The molecule has 0 aliphatic heterocycles. The number of aryl methyl sites for hydroxylation is 1. The van der Waals surface area contributed by atoms with E-state index in [0.717, 1.165) is 5.56 Å². The summed E-state index contributed by atoms with van der Waals surface area (Å²) in [4.78, 5) is 34.0. The van der Waals surface area contributed by atoms with Gasteiger partial charge in [-0.2, -0.15) is 0 Å². The van der Waals surface area contributed by atoms with Crippen LogP contribution in [0.2, 0.25) is 0 Å². The third-order valence-electron chi connectivity index (χ3n) is 3.43. The highest BCUT2D eigenvalue weighted by Gasteiger charge is 2.07. The number of esters is 1. The van der Waals surface area contributed by atoms with E-state index in [1.807, 2.05) is 0 Å². The zero-order chi connectivity index (χ0) is 17.5. The SMILES string of the molecule is COC(=O)c1ccc(NC(=O)CCc2ccc(C(=O)O)cc2)cc1. The van der Waals surface area contributed by atoms with Crippen molar-refractivity contribution in [3.8, 4) is 0 Å². The molecule has 0 saturated carbocycles. The Bertz CT molecular complexity index is 735. The van der Waals surface area contributed by atoms with Gasteiger partial charge in [0.1, 0.15) is 0 Å². The highest BCUT2D eigenvalue weighted by molar-refractivity contribution is 5.93. The lowest BCUT2D eigenvalue weighted by Gasteiger charge is -2.06. The Balaban J connectivity index is 1.86. The van der Waals surface area contributed by atoms with Gasteiger partial charge in [0.15, 0.2) is 0 Å². The smallest absolute Gasteiger partial charge is 0.337 e. The van der Waals surface area contributed by atoms with Gasteiger partial charge in [-0.15, -0.1) is 0 Å². The summed E-state index contributed by atoms with van der Waals surface area (Å²) in [5.41, 5.74) is 2.10. The van der Waals surface area contributed by atoms with Crippen LogP contribution in [-0.2, 0) is 16.0 Å². The largest absolute Gasteiger partial charge is 0.478 e. The monoisotopic (exact) mass is 327 g/mol. The fourth-order valence-corrected chi connectivity index (χ4v) is 2.10. The Morgan fingerprint density at radius 3 is 2.08 bits per heavy atom. The van der Waals surface area contributed by atoms with Crippen LogP contribution in [0.3, 0.4) is 0 Å². The van der Waals surface area contributed by atoms with Gasteiger partial charge in [-0.25, -0.2) is 9.59 Å². The number of carboxylic acids is 1. The van der Waals surface area contributed by atoms with Crippen molar-refractivity contribution in [2.45, 2.75) is 12.8 Å². The summed E-state index contributed by atoms with van der Waals surface area (Å²) in [6.07, 6.45) is 0.775. The van der Waals surface area contributed by atoms with Crippen molar-refractivity contribution in [2.24, 2.45) is 0 Å². The minimum Gasteiger partial charge on any atom is -0.478 e. The zero-order valence-corrected chi connectivity index (χ0v) is 13.1. The molecule has 6 heteroatoms. The summed E-state index contributed by atoms with van der Waals surface area (Å²) >= 11 is 0. The van der Waals surface area contributed by atoms with Gasteiger partial charge < -0.3 is 15.2 Å². The highest BCUT2D eigenvalue weighted by Crippen LogP contribution is 2.12. The summed E-state index contributed by atoms with van der Waals surface area (Å²) in [6, 6.07) is 12.8. The molecule has 124 valence electrons. The standard InChI is InChI=1S/C18H17NO5/c1-24-18(23)14-7-9-15(10-8-14)19-16(20)11-4-12-2-5-13(6-3-12)17(21)22/h2-3,5-10H,4,11H2,1H3,(H,19,20)(H,21,22). The van der Waals surface area contributed by atoms with E-state index in [-0.39, 0.29) is 17.9 Å². The first-order chi connectivity index (χ1) is 11.5. The number of ether oxygens (including phenoxy) is 1. The molecule has 1 amide bonds. The molecule has 0 aliphatic carbocycles. The normalized spacial score (nSPS) is 10.0. The second kappa shape index (κ2) is 7.92. The number of carboxylic acid groups (broad SMARTS) is 1. The summed E-state index contributed by atoms with van der Waals surface area (Å²) < 4.78 is 4.60. The minimum atomic E-state index is -0.977. The molecule has 0 fully saturated rings.